The van der Waals surface area contributed by atoms with Crippen LogP contribution in [0.5, 0.6) is 0 Å². The third-order valence-electron chi connectivity index (χ3n) is 2.31. The van der Waals surface area contributed by atoms with Gasteiger partial charge in [0, 0.05) is 22.7 Å². The first-order valence-corrected chi connectivity index (χ1v) is 5.86. The summed E-state index contributed by atoms with van der Waals surface area (Å²) in [5, 5.41) is 0.685. The first-order chi connectivity index (χ1) is 7.58. The highest BCUT2D eigenvalue weighted by molar-refractivity contribution is 7.86. The van der Waals surface area contributed by atoms with Crippen molar-refractivity contribution in [3.05, 3.63) is 30.0 Å². The van der Waals surface area contributed by atoms with Gasteiger partial charge >= 0.3 is 0 Å². The molecule has 0 unspecified atom stereocenters. The van der Waals surface area contributed by atoms with Gasteiger partial charge in [-0.1, -0.05) is 0 Å². The van der Waals surface area contributed by atoms with Gasteiger partial charge < -0.3 is 4.98 Å². The maximum absolute atomic E-state index is 11.5. The third kappa shape index (κ3) is 1.62. The van der Waals surface area contributed by atoms with E-state index in [-0.39, 0.29) is 4.90 Å². The van der Waals surface area contributed by atoms with Crippen LogP contribution < -0.4 is 0 Å². The van der Waals surface area contributed by atoms with Crippen LogP contribution in [0, 0.1) is 0 Å². The van der Waals surface area contributed by atoms with Gasteiger partial charge in [-0.25, -0.2) is 0 Å². The van der Waals surface area contributed by atoms with Crippen molar-refractivity contribution in [2.75, 3.05) is 7.11 Å². The predicted molar refractivity (Wildman–Crippen MR) is 57.9 cm³/mol. The minimum Gasteiger partial charge on any atom is -0.361 e. The lowest BCUT2D eigenvalue weighted by atomic mass is 10.1. The Balaban J connectivity index is 2.79. The number of rotatable bonds is 3. The number of carbonyl (C=O) groups is 1. The summed E-state index contributed by atoms with van der Waals surface area (Å²) in [6.07, 6.45) is 2.26. The van der Waals surface area contributed by atoms with Gasteiger partial charge in [-0.15, -0.1) is 0 Å². The molecule has 1 heterocycles. The lowest BCUT2D eigenvalue weighted by Crippen LogP contribution is -2.03. The molecule has 0 fully saturated rings. The van der Waals surface area contributed by atoms with Gasteiger partial charge in [-0.2, -0.15) is 8.42 Å². The Morgan fingerprint density at radius 2 is 2.12 bits per heavy atom. The van der Waals surface area contributed by atoms with E-state index in [0.717, 1.165) is 7.11 Å². The zero-order chi connectivity index (χ0) is 11.8. The monoisotopic (exact) mass is 239 g/mol. The second-order valence-corrected chi connectivity index (χ2v) is 4.90. The zero-order valence-electron chi connectivity index (χ0n) is 8.43. The van der Waals surface area contributed by atoms with Gasteiger partial charge in [0.2, 0.25) is 0 Å². The second kappa shape index (κ2) is 3.73. The summed E-state index contributed by atoms with van der Waals surface area (Å²) < 4.78 is 27.4. The standard InChI is InChI=1S/C10H9NO4S/c1-15-16(13,14)8-4-7(6-12)9-2-3-11-10(9)5-8/h2-6,11H,1H3. The molecule has 84 valence electrons. The molecule has 1 aromatic heterocycles. The van der Waals surface area contributed by atoms with Gasteiger partial charge in [0.15, 0.2) is 6.29 Å². The largest absolute Gasteiger partial charge is 0.361 e. The summed E-state index contributed by atoms with van der Waals surface area (Å²) in [7, 11) is -2.70. The summed E-state index contributed by atoms with van der Waals surface area (Å²) in [6, 6.07) is 4.44. The Morgan fingerprint density at radius 3 is 2.75 bits per heavy atom. The fraction of sp³-hybridized carbons (Fsp3) is 0.100. The summed E-state index contributed by atoms with van der Waals surface area (Å²) in [5.41, 5.74) is 0.898. The topological polar surface area (TPSA) is 76.2 Å². The van der Waals surface area contributed by atoms with E-state index in [0.29, 0.717) is 22.8 Å². The molecule has 6 heteroatoms. The zero-order valence-corrected chi connectivity index (χ0v) is 9.24. The Hall–Kier alpha value is -1.66. The Kier molecular flexibility index (Phi) is 2.53. The van der Waals surface area contributed by atoms with E-state index in [1.807, 2.05) is 0 Å². The molecule has 0 amide bonds. The first kappa shape index (κ1) is 10.8. The molecule has 2 aromatic rings. The molecule has 0 aliphatic heterocycles. The summed E-state index contributed by atoms with van der Waals surface area (Å²) in [4.78, 5) is 13.7. The van der Waals surface area contributed by atoms with Crippen LogP contribution in [-0.4, -0.2) is 26.8 Å². The fourth-order valence-electron chi connectivity index (χ4n) is 1.51. The van der Waals surface area contributed by atoms with Gasteiger partial charge in [-0.05, 0) is 18.2 Å². The van der Waals surface area contributed by atoms with E-state index < -0.39 is 10.1 Å². The van der Waals surface area contributed by atoms with Crippen LogP contribution in [0.4, 0.5) is 0 Å². The van der Waals surface area contributed by atoms with E-state index in [2.05, 4.69) is 9.17 Å². The smallest absolute Gasteiger partial charge is 0.296 e. The van der Waals surface area contributed by atoms with E-state index in [9.17, 15) is 13.2 Å². The SMILES string of the molecule is COS(=O)(=O)c1cc(C=O)c2cc[nH]c2c1. The summed E-state index contributed by atoms with van der Waals surface area (Å²) in [6.45, 7) is 0. The van der Waals surface area contributed by atoms with Crippen molar-refractivity contribution in [3.63, 3.8) is 0 Å². The lowest BCUT2D eigenvalue weighted by Gasteiger charge is -2.03. The molecule has 0 aliphatic rings. The molecule has 0 spiro atoms. The molecule has 1 aromatic carbocycles. The van der Waals surface area contributed by atoms with Crippen LogP contribution in [-0.2, 0) is 14.3 Å². The number of hydrogen-bond donors (Lipinski definition) is 1. The van der Waals surface area contributed by atoms with Crippen molar-refractivity contribution in [1.29, 1.82) is 0 Å². The molecular weight excluding hydrogens is 230 g/mol. The van der Waals surface area contributed by atoms with Crippen LogP contribution in [0.15, 0.2) is 29.3 Å². The molecule has 0 aliphatic carbocycles. The summed E-state index contributed by atoms with van der Waals surface area (Å²) in [5.74, 6) is 0. The normalized spacial score (nSPS) is 11.8. The molecule has 5 nitrogen and oxygen atoms in total. The number of aromatic nitrogens is 1. The van der Waals surface area contributed by atoms with Gasteiger partial charge in [0.1, 0.15) is 0 Å². The highest BCUT2D eigenvalue weighted by Crippen LogP contribution is 2.22. The molecule has 0 bridgehead atoms. The molecule has 1 N–H and O–H groups in total. The van der Waals surface area contributed by atoms with Crippen molar-refractivity contribution < 1.29 is 17.4 Å². The highest BCUT2D eigenvalue weighted by Gasteiger charge is 2.16. The number of aromatic amines is 1. The molecule has 2 rings (SSSR count). The maximum atomic E-state index is 11.5. The molecule has 16 heavy (non-hydrogen) atoms. The number of nitrogens with one attached hydrogen (secondary N) is 1. The minimum atomic E-state index is -3.78. The minimum absolute atomic E-state index is 0.0351. The Bertz CT molecular complexity index is 642. The highest BCUT2D eigenvalue weighted by atomic mass is 32.2. The van der Waals surface area contributed by atoms with Crippen molar-refractivity contribution in [1.82, 2.24) is 4.98 Å². The fourth-order valence-corrected chi connectivity index (χ4v) is 2.23. The quantitative estimate of drug-likeness (QED) is 0.647. The van der Waals surface area contributed by atoms with Crippen molar-refractivity contribution in [2.24, 2.45) is 0 Å². The molecular formula is C10H9NO4S. The first-order valence-electron chi connectivity index (χ1n) is 4.45. The maximum Gasteiger partial charge on any atom is 0.296 e. The van der Waals surface area contributed by atoms with E-state index >= 15 is 0 Å². The lowest BCUT2D eigenvalue weighted by molar-refractivity contribution is 0.112. The van der Waals surface area contributed by atoms with Crippen LogP contribution in [0.25, 0.3) is 10.9 Å². The Labute approximate surface area is 92.2 Å². The van der Waals surface area contributed by atoms with Crippen molar-refractivity contribution in [2.45, 2.75) is 4.90 Å². The number of carbonyl (C=O) groups excluding carboxylic acids is 1. The van der Waals surface area contributed by atoms with Crippen LogP contribution in [0.2, 0.25) is 0 Å². The van der Waals surface area contributed by atoms with Crippen LogP contribution in [0.3, 0.4) is 0 Å². The van der Waals surface area contributed by atoms with Crippen LogP contribution >= 0.6 is 0 Å². The number of H-pyrrole nitrogens is 1. The average Bonchev–Trinajstić information content (AvgIpc) is 2.75. The number of benzene rings is 1. The van der Waals surface area contributed by atoms with Gasteiger partial charge in [0.05, 0.1) is 12.0 Å². The van der Waals surface area contributed by atoms with Gasteiger partial charge in [0.25, 0.3) is 10.1 Å². The van der Waals surface area contributed by atoms with E-state index in [4.69, 9.17) is 0 Å². The predicted octanol–water partition coefficient (Wildman–Crippen LogP) is 1.32. The summed E-state index contributed by atoms with van der Waals surface area (Å²) >= 11 is 0. The van der Waals surface area contributed by atoms with Crippen molar-refractivity contribution in [3.8, 4) is 0 Å². The molecule has 0 radical (unpaired) electrons. The van der Waals surface area contributed by atoms with Crippen LogP contribution in [0.1, 0.15) is 10.4 Å². The number of aldehydes is 1. The third-order valence-corrected chi connectivity index (χ3v) is 3.56. The molecule has 0 saturated carbocycles. The Morgan fingerprint density at radius 1 is 1.38 bits per heavy atom. The molecule has 0 saturated heterocycles. The van der Waals surface area contributed by atoms with Gasteiger partial charge in [-0.3, -0.25) is 8.98 Å². The van der Waals surface area contributed by atoms with Crippen molar-refractivity contribution >= 4 is 27.3 Å². The number of hydrogen-bond acceptors (Lipinski definition) is 4. The second-order valence-electron chi connectivity index (χ2n) is 3.19. The van der Waals surface area contributed by atoms with E-state index in [1.54, 1.807) is 12.3 Å². The number of fused-ring (bicyclic) bond motifs is 1. The average molecular weight is 239 g/mol. The molecule has 0 atom stereocenters. The van der Waals surface area contributed by atoms with E-state index in [1.165, 1.54) is 12.1 Å².